The smallest absolute Gasteiger partial charge is 0.399 e. The van der Waals surface area contributed by atoms with Crippen molar-refractivity contribution in [1.82, 2.24) is 35.1 Å². The highest BCUT2D eigenvalue weighted by Crippen LogP contribution is 2.35. The van der Waals surface area contributed by atoms with Gasteiger partial charge in [0.15, 0.2) is 0 Å². The van der Waals surface area contributed by atoms with Crippen molar-refractivity contribution in [2.45, 2.75) is 26.1 Å². The first-order valence-corrected chi connectivity index (χ1v) is 10.7. The Kier molecular flexibility index (Phi) is 6.50. The van der Waals surface area contributed by atoms with Crippen LogP contribution in [0.5, 0.6) is 0 Å². The maximum absolute atomic E-state index is 14.6. The lowest BCUT2D eigenvalue weighted by Crippen LogP contribution is -2.32. The van der Waals surface area contributed by atoms with Gasteiger partial charge in [0.2, 0.25) is 0 Å². The highest BCUT2D eigenvalue weighted by molar-refractivity contribution is 5.92. The van der Waals surface area contributed by atoms with Crippen LogP contribution in [0.15, 0.2) is 47.7 Å². The van der Waals surface area contributed by atoms with E-state index in [1.807, 2.05) is 0 Å². The quantitative estimate of drug-likeness (QED) is 0.308. The SMILES string of the molecule is Cc1cc(C(=O)N[C@H](C)c2cc(N)cc(C(F)(F)F)c2F)nn(-c2cncc(-c3cnnn3C)c2)c1=O. The number of carbonyl (C=O) groups is 1. The summed E-state index contributed by atoms with van der Waals surface area (Å²) in [6, 6.07) is 3.12. The van der Waals surface area contributed by atoms with Gasteiger partial charge in [-0.2, -0.15) is 23.0 Å². The number of aromatic nitrogens is 6. The molecule has 1 atom stereocenters. The maximum Gasteiger partial charge on any atom is 0.419 e. The third kappa shape index (κ3) is 5.03. The highest BCUT2D eigenvalue weighted by atomic mass is 19.4. The molecule has 1 amide bonds. The fourth-order valence-electron chi connectivity index (χ4n) is 3.68. The second kappa shape index (κ2) is 9.44. The minimum Gasteiger partial charge on any atom is -0.399 e. The van der Waals surface area contributed by atoms with E-state index in [0.29, 0.717) is 17.3 Å². The standard InChI is InChI=1S/C23H20F4N8O2/c1-11-4-18(21(36)31-12(2)16-6-14(28)7-17(20(16)24)23(25,26)27)32-35(22(11)37)15-5-13(8-29-9-15)19-10-30-33-34(19)3/h4-10,12H,28H2,1-3H3,(H,31,36)/t12-/m1/s1. The molecule has 4 rings (SSSR count). The summed E-state index contributed by atoms with van der Waals surface area (Å²) in [6.07, 6.45) is -0.562. The Labute approximate surface area is 206 Å². The number of alkyl halides is 3. The summed E-state index contributed by atoms with van der Waals surface area (Å²) >= 11 is 0. The van der Waals surface area contributed by atoms with Gasteiger partial charge >= 0.3 is 6.18 Å². The number of nitrogens with two attached hydrogens (primary N) is 1. The summed E-state index contributed by atoms with van der Waals surface area (Å²) in [7, 11) is 1.68. The number of hydrogen-bond donors (Lipinski definition) is 2. The van der Waals surface area contributed by atoms with Gasteiger partial charge in [-0.1, -0.05) is 5.21 Å². The Morgan fingerprint density at radius 3 is 2.51 bits per heavy atom. The summed E-state index contributed by atoms with van der Waals surface area (Å²) in [5.41, 5.74) is 4.08. The Hall–Kier alpha value is -4.62. The zero-order valence-electron chi connectivity index (χ0n) is 19.7. The van der Waals surface area contributed by atoms with Gasteiger partial charge in [-0.25, -0.2) is 9.07 Å². The zero-order chi connectivity index (χ0) is 27.1. The van der Waals surface area contributed by atoms with E-state index in [1.54, 1.807) is 13.1 Å². The molecule has 0 fully saturated rings. The molecule has 3 heterocycles. The van der Waals surface area contributed by atoms with Crippen LogP contribution in [0, 0.1) is 12.7 Å². The molecule has 1 aromatic carbocycles. The summed E-state index contributed by atoms with van der Waals surface area (Å²) in [6.45, 7) is 2.77. The summed E-state index contributed by atoms with van der Waals surface area (Å²) in [4.78, 5) is 29.9. The topological polar surface area (TPSA) is 134 Å². The number of amides is 1. The number of carbonyl (C=O) groups excluding carboxylic acids is 1. The average molecular weight is 516 g/mol. The number of pyridine rings is 1. The van der Waals surface area contributed by atoms with Crippen LogP contribution in [0.1, 0.15) is 40.1 Å². The number of aryl methyl sites for hydroxylation is 2. The Morgan fingerprint density at radius 2 is 1.86 bits per heavy atom. The number of rotatable bonds is 5. The van der Waals surface area contributed by atoms with Crippen molar-refractivity contribution in [3.63, 3.8) is 0 Å². The van der Waals surface area contributed by atoms with E-state index in [-0.39, 0.29) is 22.6 Å². The number of nitrogens with zero attached hydrogens (tertiary/aromatic N) is 6. The van der Waals surface area contributed by atoms with Crippen molar-refractivity contribution >= 4 is 11.6 Å². The molecule has 14 heteroatoms. The molecule has 0 aliphatic rings. The largest absolute Gasteiger partial charge is 0.419 e. The van der Waals surface area contributed by atoms with Gasteiger partial charge in [-0.05, 0) is 38.1 Å². The van der Waals surface area contributed by atoms with E-state index in [9.17, 15) is 27.2 Å². The van der Waals surface area contributed by atoms with Crippen LogP contribution >= 0.6 is 0 Å². The fraction of sp³-hybridized carbons (Fsp3) is 0.217. The second-order valence-electron chi connectivity index (χ2n) is 8.27. The van der Waals surface area contributed by atoms with Crippen molar-refractivity contribution in [1.29, 1.82) is 0 Å². The number of halogens is 4. The first-order chi connectivity index (χ1) is 17.4. The minimum atomic E-state index is -4.97. The molecule has 0 spiro atoms. The maximum atomic E-state index is 14.6. The lowest BCUT2D eigenvalue weighted by molar-refractivity contribution is -0.140. The molecule has 3 aromatic heterocycles. The van der Waals surface area contributed by atoms with Gasteiger partial charge < -0.3 is 11.1 Å². The van der Waals surface area contributed by atoms with Crippen molar-refractivity contribution in [3.05, 3.63) is 81.4 Å². The van der Waals surface area contributed by atoms with Gasteiger partial charge in [0.1, 0.15) is 11.5 Å². The van der Waals surface area contributed by atoms with E-state index in [4.69, 9.17) is 5.73 Å². The lowest BCUT2D eigenvalue weighted by Gasteiger charge is -2.19. The van der Waals surface area contributed by atoms with Crippen molar-refractivity contribution in [2.24, 2.45) is 7.05 Å². The van der Waals surface area contributed by atoms with Gasteiger partial charge in [0.05, 0.1) is 35.4 Å². The molecule has 3 N–H and O–H groups in total. The van der Waals surface area contributed by atoms with Gasteiger partial charge in [-0.3, -0.25) is 14.6 Å². The summed E-state index contributed by atoms with van der Waals surface area (Å²) in [5, 5.41) is 14.2. The third-order valence-corrected chi connectivity index (χ3v) is 5.54. The summed E-state index contributed by atoms with van der Waals surface area (Å²) in [5.74, 6) is -2.39. The molecule has 0 aliphatic heterocycles. The van der Waals surface area contributed by atoms with Crippen molar-refractivity contribution in [3.8, 4) is 16.9 Å². The Balaban J connectivity index is 1.68. The van der Waals surface area contributed by atoms with Gasteiger partial charge in [-0.15, -0.1) is 5.10 Å². The van der Waals surface area contributed by atoms with Crippen molar-refractivity contribution in [2.75, 3.05) is 5.73 Å². The highest BCUT2D eigenvalue weighted by Gasteiger charge is 2.36. The molecule has 0 saturated carbocycles. The number of nitrogen functional groups attached to an aromatic ring is 1. The van der Waals surface area contributed by atoms with Crippen LogP contribution in [0.2, 0.25) is 0 Å². The number of nitrogens with one attached hydrogen (secondary N) is 1. The fourth-order valence-corrected chi connectivity index (χ4v) is 3.68. The number of benzene rings is 1. The molecule has 0 radical (unpaired) electrons. The molecule has 0 aliphatic carbocycles. The molecule has 192 valence electrons. The molecule has 0 bridgehead atoms. The minimum absolute atomic E-state index is 0.162. The number of hydrogen-bond acceptors (Lipinski definition) is 7. The molecular formula is C23H20F4N8O2. The normalized spacial score (nSPS) is 12.4. The van der Waals surface area contributed by atoms with E-state index >= 15 is 0 Å². The van der Waals surface area contributed by atoms with Crippen LogP contribution in [-0.4, -0.2) is 35.7 Å². The predicted octanol–water partition coefficient (Wildman–Crippen LogP) is 2.96. The second-order valence-corrected chi connectivity index (χ2v) is 8.27. The van der Waals surface area contributed by atoms with E-state index < -0.39 is 40.6 Å². The third-order valence-electron chi connectivity index (χ3n) is 5.54. The Bertz CT molecular complexity index is 1560. The molecule has 10 nitrogen and oxygen atoms in total. The van der Waals surface area contributed by atoms with Gasteiger partial charge in [0, 0.05) is 35.6 Å². The zero-order valence-corrected chi connectivity index (χ0v) is 19.7. The number of anilines is 1. The van der Waals surface area contributed by atoms with E-state index in [0.717, 1.165) is 10.7 Å². The summed E-state index contributed by atoms with van der Waals surface area (Å²) < 4.78 is 56.7. The average Bonchev–Trinajstić information content (AvgIpc) is 3.27. The van der Waals surface area contributed by atoms with Crippen LogP contribution in [0.3, 0.4) is 0 Å². The molecular weight excluding hydrogens is 496 g/mol. The van der Waals surface area contributed by atoms with Crippen LogP contribution in [-0.2, 0) is 13.2 Å². The van der Waals surface area contributed by atoms with Crippen LogP contribution in [0.4, 0.5) is 23.2 Å². The van der Waals surface area contributed by atoms with E-state index in [1.165, 1.54) is 43.2 Å². The predicted molar refractivity (Wildman–Crippen MR) is 124 cm³/mol. The van der Waals surface area contributed by atoms with Crippen LogP contribution < -0.4 is 16.6 Å². The monoisotopic (exact) mass is 516 g/mol. The van der Waals surface area contributed by atoms with E-state index in [2.05, 4.69) is 25.7 Å². The van der Waals surface area contributed by atoms with Crippen molar-refractivity contribution < 1.29 is 22.4 Å². The van der Waals surface area contributed by atoms with Crippen LogP contribution in [0.25, 0.3) is 16.9 Å². The lowest BCUT2D eigenvalue weighted by atomic mass is 10.0. The molecule has 0 saturated heterocycles. The molecule has 37 heavy (non-hydrogen) atoms. The molecule has 0 unspecified atom stereocenters. The first-order valence-electron chi connectivity index (χ1n) is 10.7. The van der Waals surface area contributed by atoms with Gasteiger partial charge in [0.25, 0.3) is 11.5 Å². The first kappa shape index (κ1) is 25.5. The Morgan fingerprint density at radius 1 is 1.14 bits per heavy atom. The molecule has 4 aromatic rings.